The van der Waals surface area contributed by atoms with E-state index >= 15 is 0 Å². The molecule has 3 rings (SSSR count). The lowest BCUT2D eigenvalue weighted by molar-refractivity contribution is 0.0518. The largest absolute Gasteiger partial charge is 0.461 e. The van der Waals surface area contributed by atoms with E-state index in [1.165, 1.54) is 0 Å². The summed E-state index contributed by atoms with van der Waals surface area (Å²) in [7, 11) is 0. The lowest BCUT2D eigenvalue weighted by Crippen LogP contribution is -2.15. The third kappa shape index (κ3) is 2.52. The summed E-state index contributed by atoms with van der Waals surface area (Å²) in [6.45, 7) is 2.59. The molecule has 2 N–H and O–H groups in total. The molecule has 3 heterocycles. The van der Waals surface area contributed by atoms with Gasteiger partial charge in [-0.15, -0.1) is 16.4 Å². The molecule has 0 radical (unpaired) electrons. The molecule has 0 atom stereocenters. The number of hydrogen-bond donors (Lipinski definition) is 1. The number of nitrogens with two attached hydrogens (primary N) is 1. The Bertz CT molecular complexity index is 745. The van der Waals surface area contributed by atoms with Crippen molar-refractivity contribution in [2.45, 2.75) is 20.0 Å². The molecule has 0 aliphatic carbocycles. The molecule has 0 bridgehead atoms. The van der Waals surface area contributed by atoms with Crippen molar-refractivity contribution in [3.63, 3.8) is 0 Å². The van der Waals surface area contributed by atoms with E-state index in [4.69, 9.17) is 10.5 Å². The molecule has 0 saturated carbocycles. The van der Waals surface area contributed by atoms with Gasteiger partial charge in [0.25, 0.3) is 0 Å². The van der Waals surface area contributed by atoms with Crippen LogP contribution in [0.1, 0.15) is 28.8 Å². The van der Waals surface area contributed by atoms with Crippen LogP contribution in [0.15, 0.2) is 17.8 Å². The van der Waals surface area contributed by atoms with Gasteiger partial charge in [0.1, 0.15) is 0 Å². The molecule has 3 aromatic rings. The molecule has 0 aliphatic heterocycles. The Morgan fingerprint density at radius 2 is 2.38 bits per heavy atom. The van der Waals surface area contributed by atoms with Crippen molar-refractivity contribution in [1.29, 1.82) is 0 Å². The molecule has 110 valence electrons. The number of carbonyl (C=O) groups excluding carboxylic acids is 1. The molecule has 21 heavy (non-hydrogen) atoms. The average Bonchev–Trinajstić information content (AvgIpc) is 3.13. The van der Waals surface area contributed by atoms with Crippen LogP contribution in [0.2, 0.25) is 0 Å². The van der Waals surface area contributed by atoms with Gasteiger partial charge in [0.15, 0.2) is 10.7 Å². The minimum atomic E-state index is -0.505. The minimum absolute atomic E-state index is 0.156. The van der Waals surface area contributed by atoms with Crippen LogP contribution < -0.4 is 5.73 Å². The highest BCUT2D eigenvalue weighted by Crippen LogP contribution is 2.14. The van der Waals surface area contributed by atoms with Gasteiger partial charge in [-0.2, -0.15) is 0 Å². The van der Waals surface area contributed by atoms with Gasteiger partial charge >= 0.3 is 5.97 Å². The van der Waals surface area contributed by atoms with Gasteiger partial charge in [0, 0.05) is 24.3 Å². The molecular weight excluding hydrogens is 292 g/mol. The second kappa shape index (κ2) is 5.62. The van der Waals surface area contributed by atoms with E-state index < -0.39 is 5.97 Å². The van der Waals surface area contributed by atoms with Crippen LogP contribution in [0.5, 0.6) is 0 Å². The number of nitrogens with zero attached hydrogens (tertiary/aromatic N) is 5. The second-order valence-electron chi connectivity index (χ2n) is 4.29. The minimum Gasteiger partial charge on any atom is -0.461 e. The van der Waals surface area contributed by atoms with E-state index in [0.717, 1.165) is 10.7 Å². The number of carbonyl (C=O) groups is 1. The Balaban J connectivity index is 1.88. The maximum absolute atomic E-state index is 11.8. The van der Waals surface area contributed by atoms with Crippen molar-refractivity contribution in [2.75, 3.05) is 6.61 Å². The number of fused-ring (bicyclic) bond motifs is 1. The molecule has 0 aromatic carbocycles. The molecule has 0 amide bonds. The van der Waals surface area contributed by atoms with Crippen molar-refractivity contribution < 1.29 is 9.53 Å². The van der Waals surface area contributed by atoms with Crippen LogP contribution in [-0.2, 0) is 17.8 Å². The van der Waals surface area contributed by atoms with Crippen molar-refractivity contribution in [2.24, 2.45) is 5.73 Å². The van der Waals surface area contributed by atoms with Gasteiger partial charge in [-0.25, -0.2) is 14.5 Å². The summed E-state index contributed by atoms with van der Waals surface area (Å²) < 4.78 is 8.46. The maximum Gasteiger partial charge on any atom is 0.360 e. The molecule has 0 aliphatic rings. The van der Waals surface area contributed by atoms with Crippen LogP contribution in [-0.4, -0.2) is 37.0 Å². The average molecular weight is 306 g/mol. The lowest BCUT2D eigenvalue weighted by Gasteiger charge is -2.04. The second-order valence-corrected chi connectivity index (χ2v) is 5.17. The quantitative estimate of drug-likeness (QED) is 0.695. The maximum atomic E-state index is 11.8. The van der Waals surface area contributed by atoms with E-state index in [-0.39, 0.29) is 18.8 Å². The van der Waals surface area contributed by atoms with Crippen LogP contribution >= 0.6 is 11.3 Å². The predicted octanol–water partition coefficient (Wildman–Crippen LogP) is 0.671. The fraction of sp³-hybridized carbons (Fsp3) is 0.333. The SMILES string of the molecule is CCOC(=O)c1nnn(Cc2cn3ccsc3n2)c1CN. The number of rotatable bonds is 5. The Morgan fingerprint density at radius 1 is 1.52 bits per heavy atom. The van der Waals surface area contributed by atoms with Crippen LogP contribution in [0.3, 0.4) is 0 Å². The Morgan fingerprint density at radius 3 is 3.10 bits per heavy atom. The Hall–Kier alpha value is -2.26. The topological polar surface area (TPSA) is 100 Å². The number of ether oxygens (including phenoxy) is 1. The molecule has 3 aromatic heterocycles. The summed E-state index contributed by atoms with van der Waals surface area (Å²) in [6, 6.07) is 0. The standard InChI is InChI=1S/C12H14N6O2S/c1-2-20-11(19)10-9(5-13)18(16-15-10)7-8-6-17-3-4-21-12(17)14-8/h3-4,6H,2,5,7,13H2,1H3. The van der Waals surface area contributed by atoms with Gasteiger partial charge in [-0.1, -0.05) is 5.21 Å². The van der Waals surface area contributed by atoms with Crippen LogP contribution in [0.4, 0.5) is 0 Å². The third-order valence-corrected chi connectivity index (χ3v) is 3.73. The summed E-state index contributed by atoms with van der Waals surface area (Å²) in [5.74, 6) is -0.505. The summed E-state index contributed by atoms with van der Waals surface area (Å²) in [4.78, 5) is 17.2. The fourth-order valence-corrected chi connectivity index (χ4v) is 2.74. The Labute approximate surface area is 124 Å². The predicted molar refractivity (Wildman–Crippen MR) is 76.0 cm³/mol. The summed E-state index contributed by atoms with van der Waals surface area (Å²) in [6.07, 6.45) is 3.85. The first-order valence-electron chi connectivity index (χ1n) is 6.43. The molecule has 0 saturated heterocycles. The molecule has 9 heteroatoms. The first-order chi connectivity index (χ1) is 10.2. The van der Waals surface area contributed by atoms with Crippen molar-refractivity contribution >= 4 is 22.3 Å². The van der Waals surface area contributed by atoms with Gasteiger partial charge in [0.2, 0.25) is 0 Å². The van der Waals surface area contributed by atoms with E-state index in [0.29, 0.717) is 12.2 Å². The lowest BCUT2D eigenvalue weighted by atomic mass is 10.3. The first-order valence-corrected chi connectivity index (χ1v) is 7.31. The van der Waals surface area contributed by atoms with Gasteiger partial charge < -0.3 is 10.5 Å². The summed E-state index contributed by atoms with van der Waals surface area (Å²) in [5.41, 5.74) is 7.25. The van der Waals surface area contributed by atoms with E-state index in [1.54, 1.807) is 22.9 Å². The molecule has 0 fully saturated rings. The van der Waals surface area contributed by atoms with Gasteiger partial charge in [-0.3, -0.25) is 4.40 Å². The van der Waals surface area contributed by atoms with Crippen molar-refractivity contribution in [1.82, 2.24) is 24.4 Å². The van der Waals surface area contributed by atoms with Gasteiger partial charge in [0.05, 0.1) is 24.5 Å². The molecule has 0 spiro atoms. The van der Waals surface area contributed by atoms with E-state index in [2.05, 4.69) is 15.3 Å². The zero-order valence-corrected chi connectivity index (χ0v) is 12.2. The number of imidazole rings is 1. The van der Waals surface area contributed by atoms with E-state index in [9.17, 15) is 4.79 Å². The highest BCUT2D eigenvalue weighted by atomic mass is 32.1. The number of thiazole rings is 1. The van der Waals surface area contributed by atoms with Gasteiger partial charge in [-0.05, 0) is 6.92 Å². The van der Waals surface area contributed by atoms with Crippen LogP contribution in [0.25, 0.3) is 4.96 Å². The van der Waals surface area contributed by atoms with Crippen LogP contribution in [0, 0.1) is 0 Å². The molecule has 8 nitrogen and oxygen atoms in total. The highest BCUT2D eigenvalue weighted by Gasteiger charge is 2.20. The number of esters is 1. The normalized spacial score (nSPS) is 11.1. The fourth-order valence-electron chi connectivity index (χ4n) is 2.03. The van der Waals surface area contributed by atoms with Crippen molar-refractivity contribution in [3.05, 3.63) is 34.9 Å². The third-order valence-electron chi connectivity index (χ3n) is 2.95. The zero-order chi connectivity index (χ0) is 14.8. The number of hydrogen-bond acceptors (Lipinski definition) is 7. The Kier molecular flexibility index (Phi) is 3.67. The smallest absolute Gasteiger partial charge is 0.360 e. The molecular formula is C12H14N6O2S. The monoisotopic (exact) mass is 306 g/mol. The first kappa shape index (κ1) is 13.7. The van der Waals surface area contributed by atoms with Crippen molar-refractivity contribution in [3.8, 4) is 0 Å². The summed E-state index contributed by atoms with van der Waals surface area (Å²) in [5, 5.41) is 9.81. The highest BCUT2D eigenvalue weighted by molar-refractivity contribution is 7.15. The molecule has 0 unspecified atom stereocenters. The zero-order valence-electron chi connectivity index (χ0n) is 11.4. The van der Waals surface area contributed by atoms with E-state index in [1.807, 2.05) is 22.2 Å². The number of aromatic nitrogens is 5. The summed E-state index contributed by atoms with van der Waals surface area (Å²) >= 11 is 1.55.